The SMILES string of the molecule is CCCCCCCCC1=NC(=O)c2c(C)sc(C)c21. The van der Waals surface area contributed by atoms with E-state index in [0.717, 1.165) is 34.6 Å². The van der Waals surface area contributed by atoms with Gasteiger partial charge in [0.25, 0.3) is 5.91 Å². The third-order valence-electron chi connectivity index (χ3n) is 3.77. The van der Waals surface area contributed by atoms with Crippen molar-refractivity contribution in [2.45, 2.75) is 65.7 Å². The monoisotopic (exact) mass is 277 g/mol. The van der Waals surface area contributed by atoms with E-state index in [9.17, 15) is 4.79 Å². The van der Waals surface area contributed by atoms with E-state index < -0.39 is 0 Å². The summed E-state index contributed by atoms with van der Waals surface area (Å²) in [6.45, 7) is 6.37. The highest BCUT2D eigenvalue weighted by atomic mass is 32.1. The zero-order valence-corrected chi connectivity index (χ0v) is 13.0. The molecule has 0 saturated heterocycles. The molecule has 1 aromatic heterocycles. The first kappa shape index (κ1) is 14.4. The normalized spacial score (nSPS) is 13.8. The first-order chi connectivity index (χ1) is 9.15. The third-order valence-corrected chi connectivity index (χ3v) is 4.79. The van der Waals surface area contributed by atoms with Crippen LogP contribution in [0, 0.1) is 13.8 Å². The second-order valence-corrected chi connectivity index (χ2v) is 6.77. The third kappa shape index (κ3) is 3.14. The summed E-state index contributed by atoms with van der Waals surface area (Å²) in [6, 6.07) is 0. The first-order valence-corrected chi connectivity index (χ1v) is 8.19. The van der Waals surface area contributed by atoms with Crippen molar-refractivity contribution >= 4 is 23.0 Å². The molecule has 2 heterocycles. The van der Waals surface area contributed by atoms with Crippen LogP contribution in [0.3, 0.4) is 0 Å². The molecule has 1 aliphatic heterocycles. The number of hydrogen-bond donors (Lipinski definition) is 0. The Bertz CT molecular complexity index is 499. The van der Waals surface area contributed by atoms with Gasteiger partial charge in [-0.05, 0) is 26.7 Å². The summed E-state index contributed by atoms with van der Waals surface area (Å²) >= 11 is 1.73. The minimum absolute atomic E-state index is 0.0159. The van der Waals surface area contributed by atoms with Crippen LogP contribution in [0.25, 0.3) is 0 Å². The molecule has 19 heavy (non-hydrogen) atoms. The molecule has 0 unspecified atom stereocenters. The van der Waals surface area contributed by atoms with Crippen molar-refractivity contribution in [2.24, 2.45) is 4.99 Å². The fraction of sp³-hybridized carbons (Fsp3) is 0.625. The number of amides is 1. The molecule has 1 amide bonds. The number of aryl methyl sites for hydroxylation is 2. The Morgan fingerprint density at radius 1 is 0.947 bits per heavy atom. The van der Waals surface area contributed by atoms with Gasteiger partial charge in [-0.2, -0.15) is 0 Å². The van der Waals surface area contributed by atoms with E-state index in [1.54, 1.807) is 11.3 Å². The lowest BCUT2D eigenvalue weighted by Crippen LogP contribution is -1.98. The Morgan fingerprint density at radius 2 is 1.58 bits per heavy atom. The van der Waals surface area contributed by atoms with E-state index in [1.165, 1.54) is 37.0 Å². The molecule has 0 atom stereocenters. The number of nitrogens with zero attached hydrogens (tertiary/aromatic N) is 1. The van der Waals surface area contributed by atoms with Crippen LogP contribution in [0.2, 0.25) is 0 Å². The van der Waals surface area contributed by atoms with Crippen LogP contribution in [0.15, 0.2) is 4.99 Å². The van der Waals surface area contributed by atoms with Crippen LogP contribution < -0.4 is 0 Å². The largest absolute Gasteiger partial charge is 0.279 e. The van der Waals surface area contributed by atoms with E-state index in [1.807, 2.05) is 6.92 Å². The standard InChI is InChI=1S/C16H23NOS/c1-4-5-6-7-8-9-10-13-14-11(2)19-12(3)15(14)16(18)17-13/h4-10H2,1-3H3. The van der Waals surface area contributed by atoms with Crippen molar-refractivity contribution in [2.75, 3.05) is 0 Å². The zero-order valence-electron chi connectivity index (χ0n) is 12.2. The molecule has 2 rings (SSSR count). The summed E-state index contributed by atoms with van der Waals surface area (Å²) in [5.74, 6) is -0.0159. The minimum Gasteiger partial charge on any atom is -0.267 e. The Hall–Kier alpha value is -0.960. The van der Waals surface area contributed by atoms with Gasteiger partial charge in [0.15, 0.2) is 0 Å². The lowest BCUT2D eigenvalue weighted by molar-refractivity contribution is 0.101. The van der Waals surface area contributed by atoms with Crippen molar-refractivity contribution in [3.8, 4) is 0 Å². The Labute approximate surface area is 120 Å². The first-order valence-electron chi connectivity index (χ1n) is 7.37. The van der Waals surface area contributed by atoms with Gasteiger partial charge in [-0.1, -0.05) is 39.0 Å². The lowest BCUT2D eigenvalue weighted by Gasteiger charge is -2.02. The van der Waals surface area contributed by atoms with Gasteiger partial charge < -0.3 is 0 Å². The fourth-order valence-electron chi connectivity index (χ4n) is 2.78. The van der Waals surface area contributed by atoms with E-state index in [4.69, 9.17) is 0 Å². The maximum absolute atomic E-state index is 11.9. The molecule has 104 valence electrons. The van der Waals surface area contributed by atoms with Crippen LogP contribution in [0.1, 0.15) is 77.5 Å². The number of unbranched alkanes of at least 4 members (excludes halogenated alkanes) is 5. The number of hydrogen-bond acceptors (Lipinski definition) is 2. The van der Waals surface area contributed by atoms with Crippen LogP contribution in [-0.4, -0.2) is 11.6 Å². The lowest BCUT2D eigenvalue weighted by atomic mass is 10.0. The molecule has 0 radical (unpaired) electrons. The van der Waals surface area contributed by atoms with Crippen molar-refractivity contribution < 1.29 is 4.79 Å². The predicted octanol–water partition coefficient (Wildman–Crippen LogP) is 5.06. The summed E-state index contributed by atoms with van der Waals surface area (Å²) in [5.41, 5.74) is 3.07. The number of aliphatic imine (C=N–C) groups is 1. The van der Waals surface area contributed by atoms with Crippen molar-refractivity contribution in [3.63, 3.8) is 0 Å². The van der Waals surface area contributed by atoms with Gasteiger partial charge in [-0.25, -0.2) is 4.99 Å². The smallest absolute Gasteiger partial charge is 0.267 e. The van der Waals surface area contributed by atoms with Gasteiger partial charge in [0.1, 0.15) is 0 Å². The molecule has 3 heteroatoms. The molecule has 1 aliphatic rings. The summed E-state index contributed by atoms with van der Waals surface area (Å²) in [6.07, 6.45) is 8.65. The molecule has 0 N–H and O–H groups in total. The molecular weight excluding hydrogens is 254 g/mol. The molecule has 0 saturated carbocycles. The Morgan fingerprint density at radius 3 is 2.32 bits per heavy atom. The minimum atomic E-state index is -0.0159. The van der Waals surface area contributed by atoms with E-state index in [0.29, 0.717) is 0 Å². The highest BCUT2D eigenvalue weighted by Gasteiger charge is 2.28. The molecule has 2 nitrogen and oxygen atoms in total. The van der Waals surface area contributed by atoms with Crippen molar-refractivity contribution in [1.29, 1.82) is 0 Å². The topological polar surface area (TPSA) is 29.4 Å². The summed E-state index contributed by atoms with van der Waals surface area (Å²) in [7, 11) is 0. The predicted molar refractivity (Wildman–Crippen MR) is 82.7 cm³/mol. The number of rotatable bonds is 7. The molecule has 0 bridgehead atoms. The average Bonchev–Trinajstić information content (AvgIpc) is 2.85. The maximum atomic E-state index is 11.9. The number of thiophene rings is 1. The van der Waals surface area contributed by atoms with Crippen LogP contribution >= 0.6 is 11.3 Å². The van der Waals surface area contributed by atoms with Gasteiger partial charge in [0.05, 0.1) is 11.3 Å². The van der Waals surface area contributed by atoms with E-state index in [-0.39, 0.29) is 5.91 Å². The van der Waals surface area contributed by atoms with Gasteiger partial charge in [0.2, 0.25) is 0 Å². The van der Waals surface area contributed by atoms with Crippen LogP contribution in [0.4, 0.5) is 0 Å². The summed E-state index contributed by atoms with van der Waals surface area (Å²) in [4.78, 5) is 18.5. The number of carbonyl (C=O) groups is 1. The van der Waals surface area contributed by atoms with Crippen molar-refractivity contribution in [3.05, 3.63) is 20.9 Å². The highest BCUT2D eigenvalue weighted by molar-refractivity contribution is 7.12. The van der Waals surface area contributed by atoms with Gasteiger partial charge in [-0.3, -0.25) is 4.79 Å². The van der Waals surface area contributed by atoms with Crippen LogP contribution in [0.5, 0.6) is 0 Å². The quantitative estimate of drug-likeness (QED) is 0.641. The summed E-state index contributed by atoms with van der Waals surface area (Å²) in [5, 5.41) is 0. The van der Waals surface area contributed by atoms with E-state index in [2.05, 4.69) is 18.8 Å². The second kappa shape index (κ2) is 6.47. The second-order valence-electron chi connectivity index (χ2n) is 5.35. The fourth-order valence-corrected chi connectivity index (χ4v) is 3.85. The van der Waals surface area contributed by atoms with Gasteiger partial charge >= 0.3 is 0 Å². The highest BCUT2D eigenvalue weighted by Crippen LogP contribution is 2.33. The molecule has 0 spiro atoms. The molecule has 0 aliphatic carbocycles. The molecular formula is C16H23NOS. The van der Waals surface area contributed by atoms with Crippen LogP contribution in [-0.2, 0) is 0 Å². The Kier molecular flexibility index (Phi) is 4.92. The van der Waals surface area contributed by atoms with E-state index >= 15 is 0 Å². The van der Waals surface area contributed by atoms with Crippen molar-refractivity contribution in [1.82, 2.24) is 0 Å². The Balaban J connectivity index is 1.90. The zero-order chi connectivity index (χ0) is 13.8. The van der Waals surface area contributed by atoms with Gasteiger partial charge in [-0.15, -0.1) is 11.3 Å². The summed E-state index contributed by atoms with van der Waals surface area (Å²) < 4.78 is 0. The molecule has 1 aromatic rings. The van der Waals surface area contributed by atoms with Gasteiger partial charge in [0, 0.05) is 15.3 Å². The maximum Gasteiger partial charge on any atom is 0.279 e. The molecule has 0 fully saturated rings. The molecule has 0 aromatic carbocycles. The number of fused-ring (bicyclic) bond motifs is 1. The average molecular weight is 277 g/mol. The number of carbonyl (C=O) groups excluding carboxylic acids is 1.